The van der Waals surface area contributed by atoms with Gasteiger partial charge in [-0.15, -0.1) is 0 Å². The Morgan fingerprint density at radius 3 is 2.48 bits per heavy atom. The molecule has 1 aromatic carbocycles. The number of carbonyl (C=O) groups is 3. The molecule has 0 radical (unpaired) electrons. The standard InChI is InChI=1S/C15H17N3O3/c1-9-4-3-5-10(2)11(9)12(19)18-7-6-15(8-18)13(20)16-14(21)17-15/h3-5H,6-8H2,1-2H3,(H2,16,17,20,21). The lowest BCUT2D eigenvalue weighted by molar-refractivity contribution is -0.123. The molecule has 1 unspecified atom stereocenters. The molecule has 2 saturated heterocycles. The molecule has 0 saturated carbocycles. The molecule has 0 bridgehead atoms. The van der Waals surface area contributed by atoms with Crippen molar-refractivity contribution in [2.24, 2.45) is 0 Å². The highest BCUT2D eigenvalue weighted by Gasteiger charge is 2.51. The van der Waals surface area contributed by atoms with Gasteiger partial charge in [-0.05, 0) is 31.4 Å². The van der Waals surface area contributed by atoms with E-state index in [0.29, 0.717) is 18.5 Å². The minimum Gasteiger partial charge on any atom is -0.336 e. The fourth-order valence-corrected chi connectivity index (χ4v) is 3.11. The molecule has 2 fully saturated rings. The second kappa shape index (κ2) is 4.58. The van der Waals surface area contributed by atoms with Crippen molar-refractivity contribution in [1.82, 2.24) is 15.5 Å². The third-order valence-electron chi connectivity index (χ3n) is 4.27. The third kappa shape index (κ3) is 2.07. The number of aryl methyl sites for hydroxylation is 2. The number of amides is 4. The Balaban J connectivity index is 1.85. The minimum atomic E-state index is -0.955. The number of urea groups is 1. The Kier molecular flexibility index (Phi) is 2.97. The SMILES string of the molecule is Cc1cccc(C)c1C(=O)N1CCC2(C1)NC(=O)NC2=O. The quantitative estimate of drug-likeness (QED) is 0.747. The summed E-state index contributed by atoms with van der Waals surface area (Å²) in [4.78, 5) is 37.6. The molecule has 2 heterocycles. The first-order valence-corrected chi connectivity index (χ1v) is 6.92. The zero-order chi connectivity index (χ0) is 15.2. The zero-order valence-corrected chi connectivity index (χ0v) is 12.0. The van der Waals surface area contributed by atoms with Gasteiger partial charge in [0.2, 0.25) is 0 Å². The molecule has 2 aliphatic rings. The summed E-state index contributed by atoms with van der Waals surface area (Å²) in [7, 11) is 0. The van der Waals surface area contributed by atoms with Crippen LogP contribution in [-0.4, -0.2) is 41.4 Å². The third-order valence-corrected chi connectivity index (χ3v) is 4.27. The van der Waals surface area contributed by atoms with E-state index >= 15 is 0 Å². The number of imide groups is 1. The summed E-state index contributed by atoms with van der Waals surface area (Å²) in [5.74, 6) is -0.430. The molecule has 110 valence electrons. The van der Waals surface area contributed by atoms with E-state index in [0.717, 1.165) is 11.1 Å². The van der Waals surface area contributed by atoms with E-state index in [1.54, 1.807) is 4.90 Å². The van der Waals surface area contributed by atoms with Gasteiger partial charge in [0, 0.05) is 12.1 Å². The lowest BCUT2D eigenvalue weighted by atomic mass is 9.99. The average molecular weight is 287 g/mol. The summed E-state index contributed by atoms with van der Waals surface area (Å²) in [5, 5.41) is 4.90. The van der Waals surface area contributed by atoms with Gasteiger partial charge in [0.05, 0.1) is 6.54 Å². The van der Waals surface area contributed by atoms with E-state index in [-0.39, 0.29) is 18.4 Å². The maximum atomic E-state index is 12.7. The van der Waals surface area contributed by atoms with Crippen LogP contribution in [0.15, 0.2) is 18.2 Å². The number of rotatable bonds is 1. The second-order valence-electron chi connectivity index (χ2n) is 5.73. The highest BCUT2D eigenvalue weighted by Crippen LogP contribution is 2.27. The minimum absolute atomic E-state index is 0.0866. The first kappa shape index (κ1) is 13.6. The molecule has 6 nitrogen and oxygen atoms in total. The molecule has 1 aromatic rings. The van der Waals surface area contributed by atoms with Crippen LogP contribution < -0.4 is 10.6 Å². The molecular weight excluding hydrogens is 270 g/mol. The Morgan fingerprint density at radius 1 is 1.24 bits per heavy atom. The number of nitrogens with one attached hydrogen (secondary N) is 2. The van der Waals surface area contributed by atoms with E-state index in [1.165, 1.54) is 0 Å². The molecular formula is C15H17N3O3. The van der Waals surface area contributed by atoms with E-state index in [1.807, 2.05) is 32.0 Å². The Hall–Kier alpha value is -2.37. The number of hydrogen-bond acceptors (Lipinski definition) is 3. The second-order valence-corrected chi connectivity index (χ2v) is 5.73. The number of likely N-dealkylation sites (tertiary alicyclic amines) is 1. The lowest BCUT2D eigenvalue weighted by Crippen LogP contribution is -2.49. The van der Waals surface area contributed by atoms with Crippen molar-refractivity contribution in [3.8, 4) is 0 Å². The van der Waals surface area contributed by atoms with Crippen molar-refractivity contribution in [3.05, 3.63) is 34.9 Å². The van der Waals surface area contributed by atoms with Crippen LogP contribution in [-0.2, 0) is 4.79 Å². The zero-order valence-electron chi connectivity index (χ0n) is 12.0. The summed E-state index contributed by atoms with van der Waals surface area (Å²) >= 11 is 0. The highest BCUT2D eigenvalue weighted by atomic mass is 16.2. The maximum absolute atomic E-state index is 12.7. The molecule has 1 spiro atoms. The van der Waals surface area contributed by atoms with Gasteiger partial charge >= 0.3 is 6.03 Å². The van der Waals surface area contributed by atoms with Crippen LogP contribution in [0.5, 0.6) is 0 Å². The van der Waals surface area contributed by atoms with E-state index < -0.39 is 11.6 Å². The highest BCUT2D eigenvalue weighted by molar-refractivity contribution is 6.08. The van der Waals surface area contributed by atoms with Crippen LogP contribution in [0.4, 0.5) is 4.79 Å². The Bertz CT molecular complexity index is 635. The van der Waals surface area contributed by atoms with Gasteiger partial charge < -0.3 is 10.2 Å². The van der Waals surface area contributed by atoms with Crippen LogP contribution in [0, 0.1) is 13.8 Å². The summed E-state index contributed by atoms with van der Waals surface area (Å²) in [6, 6.07) is 5.23. The van der Waals surface area contributed by atoms with Gasteiger partial charge in [-0.3, -0.25) is 14.9 Å². The van der Waals surface area contributed by atoms with Crippen molar-refractivity contribution in [2.45, 2.75) is 25.8 Å². The van der Waals surface area contributed by atoms with Crippen LogP contribution in [0.2, 0.25) is 0 Å². The first-order valence-electron chi connectivity index (χ1n) is 6.92. The number of carbonyl (C=O) groups excluding carboxylic acids is 3. The number of nitrogens with zero attached hydrogens (tertiary/aromatic N) is 1. The van der Waals surface area contributed by atoms with Gasteiger partial charge in [-0.25, -0.2) is 4.79 Å². The number of hydrogen-bond donors (Lipinski definition) is 2. The van der Waals surface area contributed by atoms with Crippen LogP contribution in [0.25, 0.3) is 0 Å². The first-order chi connectivity index (χ1) is 9.93. The van der Waals surface area contributed by atoms with Crippen LogP contribution >= 0.6 is 0 Å². The maximum Gasteiger partial charge on any atom is 0.322 e. The molecule has 2 aliphatic heterocycles. The van der Waals surface area contributed by atoms with Gasteiger partial charge in [0.15, 0.2) is 0 Å². The van der Waals surface area contributed by atoms with E-state index in [9.17, 15) is 14.4 Å². The van der Waals surface area contributed by atoms with Crippen molar-refractivity contribution in [3.63, 3.8) is 0 Å². The van der Waals surface area contributed by atoms with Gasteiger partial charge in [-0.2, -0.15) is 0 Å². The molecule has 1 atom stereocenters. The Morgan fingerprint density at radius 2 is 1.90 bits per heavy atom. The van der Waals surface area contributed by atoms with Gasteiger partial charge in [-0.1, -0.05) is 18.2 Å². The summed E-state index contributed by atoms with van der Waals surface area (Å²) < 4.78 is 0. The lowest BCUT2D eigenvalue weighted by Gasteiger charge is -2.22. The molecule has 3 rings (SSSR count). The smallest absolute Gasteiger partial charge is 0.322 e. The van der Waals surface area contributed by atoms with Gasteiger partial charge in [0.25, 0.3) is 11.8 Å². The van der Waals surface area contributed by atoms with Crippen molar-refractivity contribution >= 4 is 17.8 Å². The number of benzene rings is 1. The summed E-state index contributed by atoms with van der Waals surface area (Å²) in [5.41, 5.74) is 1.56. The predicted molar refractivity (Wildman–Crippen MR) is 75.8 cm³/mol. The molecule has 4 amide bonds. The van der Waals surface area contributed by atoms with Crippen molar-refractivity contribution in [2.75, 3.05) is 13.1 Å². The molecule has 0 aliphatic carbocycles. The summed E-state index contributed by atoms with van der Waals surface area (Å²) in [6.07, 6.45) is 0.446. The molecule has 21 heavy (non-hydrogen) atoms. The molecule has 2 N–H and O–H groups in total. The Labute approximate surface area is 122 Å². The average Bonchev–Trinajstić information content (AvgIpc) is 2.94. The van der Waals surface area contributed by atoms with E-state index in [4.69, 9.17) is 0 Å². The molecule has 6 heteroatoms. The normalized spacial score (nSPS) is 24.4. The largest absolute Gasteiger partial charge is 0.336 e. The molecule has 0 aromatic heterocycles. The van der Waals surface area contributed by atoms with Crippen LogP contribution in [0.1, 0.15) is 27.9 Å². The van der Waals surface area contributed by atoms with Crippen molar-refractivity contribution < 1.29 is 14.4 Å². The topological polar surface area (TPSA) is 78.5 Å². The van der Waals surface area contributed by atoms with Gasteiger partial charge in [0.1, 0.15) is 5.54 Å². The monoisotopic (exact) mass is 287 g/mol. The van der Waals surface area contributed by atoms with E-state index in [2.05, 4.69) is 10.6 Å². The summed E-state index contributed by atoms with van der Waals surface area (Å²) in [6.45, 7) is 4.48. The fourth-order valence-electron chi connectivity index (χ4n) is 3.11. The van der Waals surface area contributed by atoms with Crippen molar-refractivity contribution in [1.29, 1.82) is 0 Å². The fraction of sp³-hybridized carbons (Fsp3) is 0.400. The van der Waals surface area contributed by atoms with Crippen LogP contribution in [0.3, 0.4) is 0 Å². The predicted octanol–water partition coefficient (Wildman–Crippen LogP) is 0.728.